The molecule has 3 aliphatic rings. The van der Waals surface area contributed by atoms with Crippen LogP contribution in [-0.2, 0) is 25.7 Å². The molecule has 3 aromatic carbocycles. The Labute approximate surface area is 373 Å². The number of rotatable bonds is 10. The fourth-order valence-electron chi connectivity index (χ4n) is 9.14. The normalized spacial score (nSPS) is 20.6. The average Bonchev–Trinajstić information content (AvgIpc) is 4.08. The second-order valence-corrected chi connectivity index (χ2v) is 18.5. The number of fused-ring (bicyclic) bond motifs is 6. The van der Waals surface area contributed by atoms with E-state index in [2.05, 4.69) is 78.6 Å². The number of hydrogen-bond acceptors (Lipinski definition) is 9. The maximum atomic E-state index is 13.9. The van der Waals surface area contributed by atoms with Gasteiger partial charge in [0.2, 0.25) is 11.8 Å². The molecule has 2 fully saturated rings. The van der Waals surface area contributed by atoms with Crippen LogP contribution in [0.2, 0.25) is 0 Å². The summed E-state index contributed by atoms with van der Waals surface area (Å²) in [5.74, 6) is 2.41. The van der Waals surface area contributed by atoms with E-state index < -0.39 is 30.4 Å². The first-order valence-electron chi connectivity index (χ1n) is 22.3. The van der Waals surface area contributed by atoms with Gasteiger partial charge in [-0.3, -0.25) is 9.59 Å². The number of carbonyl (C=O) groups excluding carboxylic acids is 3. The molecule has 0 saturated carbocycles. The third-order valence-corrected chi connectivity index (χ3v) is 12.4. The molecule has 5 N–H and O–H groups in total. The van der Waals surface area contributed by atoms with E-state index >= 15 is 0 Å². The van der Waals surface area contributed by atoms with Gasteiger partial charge in [-0.1, -0.05) is 59.7 Å². The summed E-state index contributed by atoms with van der Waals surface area (Å²) >= 11 is 0. The highest BCUT2D eigenvalue weighted by molar-refractivity contribution is 6.07. The van der Waals surface area contributed by atoms with Crippen molar-refractivity contribution in [3.8, 4) is 28.1 Å². The van der Waals surface area contributed by atoms with Crippen LogP contribution in [-0.4, -0.2) is 104 Å². The number of nitrogens with zero attached hydrogens (tertiary/aromatic N) is 4. The first kappa shape index (κ1) is 45.9. The third-order valence-electron chi connectivity index (χ3n) is 12.4. The topological polar surface area (TPSA) is 204 Å². The van der Waals surface area contributed by atoms with Crippen LogP contribution in [0.4, 0.5) is 9.59 Å². The number of benzene rings is 3. The second-order valence-electron chi connectivity index (χ2n) is 18.5. The first-order valence-corrected chi connectivity index (χ1v) is 22.3. The number of aromatic nitrogens is 4. The molecule has 3 aliphatic heterocycles. The highest BCUT2D eigenvalue weighted by Gasteiger charge is 2.43. The molecule has 5 aromatic rings. The number of imidazole rings is 2. The molecule has 5 heterocycles. The fourth-order valence-corrected chi connectivity index (χ4v) is 9.14. The summed E-state index contributed by atoms with van der Waals surface area (Å²) in [6.45, 7) is 16.9. The molecule has 0 aliphatic carbocycles. The monoisotopic (exact) mass is 878 g/mol. The van der Waals surface area contributed by atoms with Gasteiger partial charge in [0, 0.05) is 30.6 Å². The zero-order valence-electron chi connectivity index (χ0n) is 38.4. The van der Waals surface area contributed by atoms with Crippen molar-refractivity contribution in [2.24, 2.45) is 17.8 Å². The van der Waals surface area contributed by atoms with Crippen molar-refractivity contribution in [2.45, 2.75) is 118 Å². The molecule has 0 bridgehead atoms. The molecule has 16 nitrogen and oxygen atoms in total. The Morgan fingerprint density at radius 2 is 1.62 bits per heavy atom. The highest BCUT2D eigenvalue weighted by atomic mass is 16.5. The SMILES string of the molecule is CC(C)C.COC(=O)N[C@H](C(=O)N1C[C@@H](C)C[C@H]1c1ncc(-c2ccc3c(c2)COc2cc4c(ccc5[nH]c([C@@H]6CC[C@H](C)N6C(=O)[C@@H](NC(=O)O)C(C)C)nc54)cc2-3)[nH]1)[C@H](C)OC. The van der Waals surface area contributed by atoms with Crippen molar-refractivity contribution in [1.82, 2.24) is 40.4 Å². The number of carbonyl (C=O) groups is 4. The molecule has 4 amide bonds. The molecule has 16 heteroatoms. The molecular formula is C48H62N8O8. The number of methoxy groups -OCH3 is 2. The van der Waals surface area contributed by atoms with Gasteiger partial charge in [-0.2, -0.15) is 0 Å². The van der Waals surface area contributed by atoms with Crippen LogP contribution in [0.5, 0.6) is 5.75 Å². The van der Waals surface area contributed by atoms with E-state index in [0.717, 1.165) is 67.8 Å². The van der Waals surface area contributed by atoms with E-state index in [1.165, 1.54) is 14.2 Å². The van der Waals surface area contributed by atoms with Gasteiger partial charge in [0.15, 0.2) is 0 Å². The number of likely N-dealkylation sites (tertiary alicyclic amines) is 2. The van der Waals surface area contributed by atoms with Crippen LogP contribution in [0.3, 0.4) is 0 Å². The molecule has 0 spiro atoms. The van der Waals surface area contributed by atoms with Gasteiger partial charge in [-0.05, 0) is 97.2 Å². The minimum atomic E-state index is -1.22. The zero-order chi connectivity index (χ0) is 46.1. The van der Waals surface area contributed by atoms with Gasteiger partial charge >= 0.3 is 12.2 Å². The Balaban J connectivity index is 0.00000147. The summed E-state index contributed by atoms with van der Waals surface area (Å²) in [6, 6.07) is 12.0. The molecule has 0 unspecified atom stereocenters. The Kier molecular flexibility index (Phi) is 13.5. The lowest BCUT2D eigenvalue weighted by molar-refractivity contribution is -0.138. The van der Waals surface area contributed by atoms with Crippen molar-refractivity contribution >= 4 is 45.8 Å². The summed E-state index contributed by atoms with van der Waals surface area (Å²) in [5.41, 5.74) is 6.41. The van der Waals surface area contributed by atoms with E-state index in [1.807, 2.05) is 32.9 Å². The predicted octanol–water partition coefficient (Wildman–Crippen LogP) is 8.34. The van der Waals surface area contributed by atoms with Gasteiger partial charge in [0.05, 0.1) is 48.2 Å². The van der Waals surface area contributed by atoms with E-state index in [-0.39, 0.29) is 41.8 Å². The van der Waals surface area contributed by atoms with Gasteiger partial charge in [0.1, 0.15) is 36.1 Å². The quantitative estimate of drug-likeness (QED) is 0.0907. The Morgan fingerprint density at radius 3 is 2.31 bits per heavy atom. The number of alkyl carbamates (subject to hydrolysis) is 1. The minimum Gasteiger partial charge on any atom is -0.488 e. The third kappa shape index (κ3) is 9.24. The van der Waals surface area contributed by atoms with Crippen molar-refractivity contribution < 1.29 is 38.5 Å². The Morgan fingerprint density at radius 1 is 0.875 bits per heavy atom. The Hall–Kier alpha value is -6.16. The number of nitrogens with one attached hydrogen (secondary N) is 4. The van der Waals surface area contributed by atoms with E-state index in [9.17, 15) is 24.3 Å². The van der Waals surface area contributed by atoms with Crippen molar-refractivity contribution in [3.05, 3.63) is 65.9 Å². The number of amides is 4. The molecule has 2 saturated heterocycles. The fraction of sp³-hybridized carbons (Fsp3) is 0.500. The summed E-state index contributed by atoms with van der Waals surface area (Å²) < 4.78 is 16.6. The number of H-pyrrole nitrogens is 2. The standard InChI is InChI=1S/C44H52N8O8.C4H10/c1-21(2)36(49-43(55)56)42(54)52-23(4)8-13-33(52)40-46-31-12-10-25-16-30-28-11-9-26(15-27(28)20-60-35(30)17-29(25)38(31)48-40)32-18-45-39(47-32)34-14-22(3)19-51(34)41(53)37(24(5)58-6)50-44(57)59-7;1-4(2)3/h9-12,15-18,21-24,33-34,36-37,49H,8,13-14,19-20H2,1-7H3,(H,45,47)(H,46,48)(H,50,57)(H,55,56);4H,1-3H3/t22-,23-,24-,33-,34-,36-,37-;/m0./s1. The summed E-state index contributed by atoms with van der Waals surface area (Å²) in [6.07, 6.45) is 1.48. The van der Waals surface area contributed by atoms with Crippen molar-refractivity contribution in [2.75, 3.05) is 20.8 Å². The minimum absolute atomic E-state index is 0.0701. The maximum absolute atomic E-state index is 13.9. The molecule has 64 heavy (non-hydrogen) atoms. The van der Waals surface area contributed by atoms with Crippen LogP contribution in [0.1, 0.15) is 104 Å². The molecule has 8 rings (SSSR count). The van der Waals surface area contributed by atoms with Crippen molar-refractivity contribution in [1.29, 1.82) is 0 Å². The van der Waals surface area contributed by atoms with Gasteiger partial charge in [0.25, 0.3) is 0 Å². The van der Waals surface area contributed by atoms with Crippen LogP contribution >= 0.6 is 0 Å². The van der Waals surface area contributed by atoms with Gasteiger partial charge in [-0.25, -0.2) is 19.6 Å². The number of aromatic amines is 2. The van der Waals surface area contributed by atoms with E-state index in [0.29, 0.717) is 37.6 Å². The molecule has 7 atom stereocenters. The van der Waals surface area contributed by atoms with Crippen LogP contribution in [0.15, 0.2) is 48.7 Å². The largest absolute Gasteiger partial charge is 0.488 e. The van der Waals surface area contributed by atoms with E-state index in [4.69, 9.17) is 24.2 Å². The maximum Gasteiger partial charge on any atom is 0.407 e. The average molecular weight is 879 g/mol. The number of ether oxygens (including phenoxy) is 3. The van der Waals surface area contributed by atoms with Crippen LogP contribution < -0.4 is 15.4 Å². The van der Waals surface area contributed by atoms with Crippen LogP contribution in [0, 0.1) is 17.8 Å². The van der Waals surface area contributed by atoms with Crippen LogP contribution in [0.25, 0.3) is 44.2 Å². The number of hydrogen-bond donors (Lipinski definition) is 5. The summed E-state index contributed by atoms with van der Waals surface area (Å²) in [7, 11) is 2.76. The predicted molar refractivity (Wildman–Crippen MR) is 244 cm³/mol. The smallest absolute Gasteiger partial charge is 0.407 e. The lowest BCUT2D eigenvalue weighted by atomic mass is 9.92. The van der Waals surface area contributed by atoms with Gasteiger partial charge in [-0.15, -0.1) is 0 Å². The lowest BCUT2D eigenvalue weighted by Crippen LogP contribution is -2.54. The molecule has 342 valence electrons. The molecule has 0 radical (unpaired) electrons. The zero-order valence-corrected chi connectivity index (χ0v) is 38.4. The van der Waals surface area contributed by atoms with E-state index in [1.54, 1.807) is 22.9 Å². The number of carboxylic acid groups (broad SMARTS) is 1. The highest BCUT2D eigenvalue weighted by Crippen LogP contribution is 2.44. The lowest BCUT2D eigenvalue weighted by Gasteiger charge is -2.32. The molecular weight excluding hydrogens is 817 g/mol. The van der Waals surface area contributed by atoms with Gasteiger partial charge < -0.3 is 49.7 Å². The second kappa shape index (κ2) is 18.9. The Bertz CT molecular complexity index is 2530. The van der Waals surface area contributed by atoms with Crippen molar-refractivity contribution in [3.63, 3.8) is 0 Å². The summed E-state index contributed by atoms with van der Waals surface area (Å²) in [5, 5.41) is 16.4. The summed E-state index contributed by atoms with van der Waals surface area (Å²) in [4.78, 5) is 71.7. The first-order chi connectivity index (χ1) is 30.5. The molecule has 2 aromatic heterocycles.